The summed E-state index contributed by atoms with van der Waals surface area (Å²) >= 11 is 6.20. The first-order valence-corrected chi connectivity index (χ1v) is 8.36. The van der Waals surface area contributed by atoms with E-state index in [1.807, 2.05) is 31.2 Å². The molecule has 1 aromatic carbocycles. The van der Waals surface area contributed by atoms with Crippen molar-refractivity contribution < 1.29 is 14.3 Å². The molecule has 6 nitrogen and oxygen atoms in total. The Morgan fingerprint density at radius 3 is 2.64 bits per heavy atom. The van der Waals surface area contributed by atoms with E-state index in [1.165, 1.54) is 7.11 Å². The van der Waals surface area contributed by atoms with Crippen molar-refractivity contribution in [2.75, 3.05) is 7.11 Å². The number of nitrogens with one attached hydrogen (secondary N) is 1. The van der Waals surface area contributed by atoms with E-state index in [-0.39, 0.29) is 24.3 Å². The number of nitrogens with zero attached hydrogens (tertiary/aromatic N) is 2. The van der Waals surface area contributed by atoms with Gasteiger partial charge in [-0.25, -0.2) is 0 Å². The number of ether oxygens (including phenoxy) is 1. The molecule has 0 spiro atoms. The highest BCUT2D eigenvalue weighted by Gasteiger charge is 2.21. The maximum absolute atomic E-state index is 12.6. The van der Waals surface area contributed by atoms with Gasteiger partial charge in [0.25, 0.3) is 5.91 Å². The second kappa shape index (κ2) is 8.16. The van der Waals surface area contributed by atoms with Gasteiger partial charge in [0.1, 0.15) is 0 Å². The van der Waals surface area contributed by atoms with Crippen molar-refractivity contribution >= 4 is 23.5 Å². The molecule has 2 aromatic rings. The molecule has 1 unspecified atom stereocenters. The van der Waals surface area contributed by atoms with Gasteiger partial charge in [-0.15, -0.1) is 0 Å². The molecule has 0 bridgehead atoms. The standard InChI is InChI=1S/C18H22ClN3O3/c1-11(9-16(23)25-4)20-18(24)17-12(2)21-22(13(17)3)10-14-7-5-6-8-15(14)19/h5-8,11H,9-10H2,1-4H3,(H,20,24). The molecule has 1 N–H and O–H groups in total. The summed E-state index contributed by atoms with van der Waals surface area (Å²) in [6, 6.07) is 7.20. The minimum Gasteiger partial charge on any atom is -0.469 e. The lowest BCUT2D eigenvalue weighted by molar-refractivity contribution is -0.141. The Labute approximate surface area is 152 Å². The summed E-state index contributed by atoms with van der Waals surface area (Å²) in [7, 11) is 1.32. The Hall–Kier alpha value is -2.34. The highest BCUT2D eigenvalue weighted by atomic mass is 35.5. The number of amides is 1. The number of halogens is 1. The lowest BCUT2D eigenvalue weighted by Gasteiger charge is -2.13. The molecule has 0 saturated heterocycles. The van der Waals surface area contributed by atoms with Gasteiger partial charge in [-0.05, 0) is 32.4 Å². The number of aromatic nitrogens is 2. The van der Waals surface area contributed by atoms with E-state index in [2.05, 4.69) is 15.2 Å². The summed E-state index contributed by atoms with van der Waals surface area (Å²) in [5.41, 5.74) is 2.83. The van der Waals surface area contributed by atoms with Crippen LogP contribution in [-0.2, 0) is 16.1 Å². The van der Waals surface area contributed by atoms with Crippen molar-refractivity contribution in [2.24, 2.45) is 0 Å². The highest BCUT2D eigenvalue weighted by molar-refractivity contribution is 6.31. The number of rotatable bonds is 6. The summed E-state index contributed by atoms with van der Waals surface area (Å²) < 4.78 is 6.38. The minimum atomic E-state index is -0.365. The van der Waals surface area contributed by atoms with Gasteiger partial charge in [-0.1, -0.05) is 29.8 Å². The topological polar surface area (TPSA) is 73.2 Å². The third-order valence-electron chi connectivity index (χ3n) is 3.96. The molecule has 1 heterocycles. The van der Waals surface area contributed by atoms with Gasteiger partial charge in [-0.3, -0.25) is 14.3 Å². The molecular formula is C18H22ClN3O3. The molecule has 1 aromatic heterocycles. The average molecular weight is 364 g/mol. The molecule has 7 heteroatoms. The van der Waals surface area contributed by atoms with Crippen LogP contribution in [0, 0.1) is 13.8 Å². The number of hydrogen-bond donors (Lipinski definition) is 1. The average Bonchev–Trinajstić information content (AvgIpc) is 2.83. The van der Waals surface area contributed by atoms with Crippen molar-refractivity contribution in [3.63, 3.8) is 0 Å². The van der Waals surface area contributed by atoms with Crippen LogP contribution < -0.4 is 5.32 Å². The van der Waals surface area contributed by atoms with Gasteiger partial charge >= 0.3 is 5.97 Å². The lowest BCUT2D eigenvalue weighted by Crippen LogP contribution is -2.35. The molecule has 0 aliphatic heterocycles. The van der Waals surface area contributed by atoms with Crippen molar-refractivity contribution in [1.29, 1.82) is 0 Å². The van der Waals surface area contributed by atoms with Crippen LogP contribution in [0.3, 0.4) is 0 Å². The van der Waals surface area contributed by atoms with E-state index >= 15 is 0 Å². The maximum atomic E-state index is 12.6. The Morgan fingerprint density at radius 2 is 2.00 bits per heavy atom. The first-order valence-electron chi connectivity index (χ1n) is 7.98. The molecule has 1 amide bonds. The SMILES string of the molecule is COC(=O)CC(C)NC(=O)c1c(C)nn(Cc2ccccc2Cl)c1C. The van der Waals surface area contributed by atoms with E-state index in [0.29, 0.717) is 22.8 Å². The summed E-state index contributed by atoms with van der Waals surface area (Å²) in [5, 5.41) is 7.93. The number of esters is 1. The third kappa shape index (κ3) is 4.60. The largest absolute Gasteiger partial charge is 0.469 e. The van der Waals surface area contributed by atoms with Crippen LogP contribution >= 0.6 is 11.6 Å². The zero-order valence-corrected chi connectivity index (χ0v) is 15.6. The van der Waals surface area contributed by atoms with Gasteiger partial charge in [0.15, 0.2) is 0 Å². The van der Waals surface area contributed by atoms with Gasteiger partial charge in [0.2, 0.25) is 0 Å². The summed E-state index contributed by atoms with van der Waals surface area (Å²) in [6.07, 6.45) is 0.119. The zero-order valence-electron chi connectivity index (χ0n) is 14.8. The second-order valence-corrected chi connectivity index (χ2v) is 6.36. The fourth-order valence-corrected chi connectivity index (χ4v) is 2.84. The number of carbonyl (C=O) groups excluding carboxylic acids is 2. The van der Waals surface area contributed by atoms with Crippen LogP contribution in [0.5, 0.6) is 0 Å². The second-order valence-electron chi connectivity index (χ2n) is 5.95. The smallest absolute Gasteiger partial charge is 0.307 e. The first-order chi connectivity index (χ1) is 11.8. The van der Waals surface area contributed by atoms with Crippen LogP contribution in [0.4, 0.5) is 0 Å². The number of hydrogen-bond acceptors (Lipinski definition) is 4. The van der Waals surface area contributed by atoms with E-state index in [0.717, 1.165) is 11.3 Å². The van der Waals surface area contributed by atoms with E-state index in [1.54, 1.807) is 18.5 Å². The quantitative estimate of drug-likeness (QED) is 0.801. The van der Waals surface area contributed by atoms with Crippen molar-refractivity contribution in [3.8, 4) is 0 Å². The molecule has 0 aliphatic carbocycles. The predicted octanol–water partition coefficient (Wildman–Crippen LogP) is 2.88. The van der Waals surface area contributed by atoms with Crippen molar-refractivity contribution in [1.82, 2.24) is 15.1 Å². The van der Waals surface area contributed by atoms with Crippen LogP contribution in [0.1, 0.15) is 40.7 Å². The molecule has 25 heavy (non-hydrogen) atoms. The predicted molar refractivity (Wildman–Crippen MR) is 95.8 cm³/mol. The Kier molecular flexibility index (Phi) is 6.20. The molecular weight excluding hydrogens is 342 g/mol. The maximum Gasteiger partial charge on any atom is 0.307 e. The monoisotopic (exact) mass is 363 g/mol. The van der Waals surface area contributed by atoms with E-state index in [9.17, 15) is 9.59 Å². The fraction of sp³-hybridized carbons (Fsp3) is 0.389. The zero-order chi connectivity index (χ0) is 18.6. The van der Waals surface area contributed by atoms with Crippen molar-refractivity contribution in [2.45, 2.75) is 39.8 Å². The Morgan fingerprint density at radius 1 is 1.32 bits per heavy atom. The van der Waals surface area contributed by atoms with Crippen molar-refractivity contribution in [3.05, 3.63) is 51.8 Å². The highest BCUT2D eigenvalue weighted by Crippen LogP contribution is 2.19. The lowest BCUT2D eigenvalue weighted by atomic mass is 10.1. The Bertz CT molecular complexity index is 786. The summed E-state index contributed by atoms with van der Waals surface area (Å²) in [6.45, 7) is 5.87. The van der Waals surface area contributed by atoms with Crippen LogP contribution in [0.25, 0.3) is 0 Å². The fourth-order valence-electron chi connectivity index (χ4n) is 2.65. The molecule has 1 atom stereocenters. The number of benzene rings is 1. The Balaban J connectivity index is 2.17. The molecule has 134 valence electrons. The van der Waals surface area contributed by atoms with E-state index < -0.39 is 0 Å². The van der Waals surface area contributed by atoms with Gasteiger partial charge in [0.05, 0.1) is 31.3 Å². The van der Waals surface area contributed by atoms with Crippen LogP contribution in [0.2, 0.25) is 5.02 Å². The van der Waals surface area contributed by atoms with Crippen LogP contribution in [-0.4, -0.2) is 34.8 Å². The molecule has 0 radical (unpaired) electrons. The van der Waals surface area contributed by atoms with Gasteiger partial charge < -0.3 is 10.1 Å². The molecule has 0 saturated carbocycles. The molecule has 2 rings (SSSR count). The van der Waals surface area contributed by atoms with Crippen LogP contribution in [0.15, 0.2) is 24.3 Å². The third-order valence-corrected chi connectivity index (χ3v) is 4.33. The molecule has 0 aliphatic rings. The normalized spacial score (nSPS) is 11.9. The summed E-state index contributed by atoms with van der Waals surface area (Å²) in [5.74, 6) is -0.618. The number of methoxy groups -OCH3 is 1. The number of carbonyl (C=O) groups is 2. The van der Waals surface area contributed by atoms with Gasteiger partial charge in [-0.2, -0.15) is 5.10 Å². The minimum absolute atomic E-state index is 0.119. The van der Waals surface area contributed by atoms with E-state index in [4.69, 9.17) is 11.6 Å². The summed E-state index contributed by atoms with van der Waals surface area (Å²) in [4.78, 5) is 23.9. The van der Waals surface area contributed by atoms with Gasteiger partial charge in [0, 0.05) is 16.8 Å². The number of aryl methyl sites for hydroxylation is 1. The first kappa shape index (κ1) is 19.0. The molecule has 0 fully saturated rings.